The van der Waals surface area contributed by atoms with E-state index in [2.05, 4.69) is 0 Å². The van der Waals surface area contributed by atoms with Crippen molar-refractivity contribution in [3.05, 3.63) is 29.8 Å². The number of carbonyl (C=O) groups excluding carboxylic acids is 1. The van der Waals surface area contributed by atoms with Gasteiger partial charge < -0.3 is 14.2 Å². The van der Waals surface area contributed by atoms with Crippen molar-refractivity contribution in [3.63, 3.8) is 0 Å². The molecule has 0 saturated carbocycles. The van der Waals surface area contributed by atoms with Crippen molar-refractivity contribution in [2.45, 2.75) is 9.64 Å². The van der Waals surface area contributed by atoms with Crippen LogP contribution in [0.2, 0.25) is 0 Å². The maximum absolute atomic E-state index is 11.9. The Labute approximate surface area is 117 Å². The van der Waals surface area contributed by atoms with Crippen molar-refractivity contribution >= 4 is 48.4 Å². The molecule has 0 aromatic heterocycles. The van der Waals surface area contributed by atoms with Gasteiger partial charge in [-0.3, -0.25) is 0 Å². The molecule has 98 valence electrons. The van der Waals surface area contributed by atoms with Crippen LogP contribution >= 0.6 is 42.4 Å². The summed E-state index contributed by atoms with van der Waals surface area (Å²) >= 11 is 16.6. The summed E-state index contributed by atoms with van der Waals surface area (Å²) in [7, 11) is -4.47. The monoisotopic (exact) mass is 330 g/mol. The zero-order chi connectivity index (χ0) is 13.6. The number of para-hydroxylation sites is 1. The highest BCUT2D eigenvalue weighted by atomic mass is 35.6. The first-order valence-corrected chi connectivity index (χ1v) is 7.38. The Hall–Kier alpha value is -0.450. The SMILES string of the molecule is O=C1O[C@H](C(Cl)(Cl)Cl)P(=O)(O)Oc2ccccc21. The lowest BCUT2D eigenvalue weighted by atomic mass is 10.2. The molecule has 0 bridgehead atoms. The Kier molecular flexibility index (Phi) is 3.56. The van der Waals surface area contributed by atoms with Crippen molar-refractivity contribution in [2.24, 2.45) is 0 Å². The predicted octanol–water partition coefficient (Wildman–Crippen LogP) is 3.12. The fourth-order valence-electron chi connectivity index (χ4n) is 1.39. The Morgan fingerprint density at radius 3 is 2.50 bits per heavy atom. The summed E-state index contributed by atoms with van der Waals surface area (Å²) in [6.07, 6.45) is 0. The Morgan fingerprint density at radius 2 is 1.89 bits per heavy atom. The first-order chi connectivity index (χ1) is 8.22. The van der Waals surface area contributed by atoms with E-state index >= 15 is 0 Å². The molecule has 0 fully saturated rings. The number of cyclic esters (lactones) is 1. The molecule has 9 heteroatoms. The van der Waals surface area contributed by atoms with Crippen LogP contribution in [0, 0.1) is 0 Å². The highest BCUT2D eigenvalue weighted by Crippen LogP contribution is 2.58. The van der Waals surface area contributed by atoms with Gasteiger partial charge in [-0.2, -0.15) is 0 Å². The van der Waals surface area contributed by atoms with Gasteiger partial charge in [-0.15, -0.1) is 0 Å². The number of esters is 1. The number of fused-ring (bicyclic) bond motifs is 1. The second-order valence-electron chi connectivity index (χ2n) is 3.45. The number of hydrogen-bond acceptors (Lipinski definition) is 4. The van der Waals surface area contributed by atoms with Crippen LogP contribution in [0.5, 0.6) is 5.75 Å². The number of hydrogen-bond donors (Lipinski definition) is 1. The van der Waals surface area contributed by atoms with E-state index in [0.29, 0.717) is 0 Å². The topological polar surface area (TPSA) is 72.8 Å². The number of alkyl halides is 3. The summed E-state index contributed by atoms with van der Waals surface area (Å²) in [5.74, 6) is -2.88. The van der Waals surface area contributed by atoms with Crippen LogP contribution < -0.4 is 4.52 Å². The zero-order valence-electron chi connectivity index (χ0n) is 8.55. The van der Waals surface area contributed by atoms with Crippen molar-refractivity contribution in [1.29, 1.82) is 0 Å². The lowest BCUT2D eigenvalue weighted by Gasteiger charge is -2.24. The third kappa shape index (κ3) is 2.60. The van der Waals surface area contributed by atoms with Crippen molar-refractivity contribution in [1.82, 2.24) is 0 Å². The van der Waals surface area contributed by atoms with E-state index in [1.54, 1.807) is 6.07 Å². The van der Waals surface area contributed by atoms with Gasteiger partial charge in [0.15, 0.2) is 0 Å². The van der Waals surface area contributed by atoms with Gasteiger partial charge in [0.25, 0.3) is 5.85 Å². The number of ether oxygens (including phenoxy) is 1. The second kappa shape index (κ2) is 4.58. The average Bonchev–Trinajstić information content (AvgIpc) is 2.33. The van der Waals surface area contributed by atoms with Gasteiger partial charge in [-0.05, 0) is 12.1 Å². The van der Waals surface area contributed by atoms with Crippen LogP contribution in [-0.4, -0.2) is 20.5 Å². The van der Waals surface area contributed by atoms with E-state index in [4.69, 9.17) is 44.1 Å². The lowest BCUT2D eigenvalue weighted by molar-refractivity contribution is 0.0429. The molecule has 1 heterocycles. The minimum absolute atomic E-state index is 0.0106. The summed E-state index contributed by atoms with van der Waals surface area (Å²) in [5.41, 5.74) is -0.0106. The summed E-state index contributed by atoms with van der Waals surface area (Å²) in [6.45, 7) is 0. The van der Waals surface area contributed by atoms with Crippen molar-refractivity contribution in [3.8, 4) is 5.75 Å². The normalized spacial score (nSPS) is 27.8. The molecule has 0 saturated heterocycles. The predicted molar refractivity (Wildman–Crippen MR) is 66.4 cm³/mol. The third-order valence-electron chi connectivity index (χ3n) is 2.13. The fraction of sp³-hybridized carbons (Fsp3) is 0.222. The van der Waals surface area contributed by atoms with Gasteiger partial charge in [0.05, 0.1) is 0 Å². The number of halogens is 3. The molecular weight excluding hydrogens is 325 g/mol. The standard InChI is InChI=1S/C9H6Cl3O5P/c10-9(11,12)8-16-7(13)5-3-1-2-4-6(5)17-18(8,14)15/h1-4,8H,(H,14,15)/t8-/m0/s1. The van der Waals surface area contributed by atoms with E-state index < -0.39 is 23.2 Å². The summed E-state index contributed by atoms with van der Waals surface area (Å²) in [5, 5.41) is 0. The summed E-state index contributed by atoms with van der Waals surface area (Å²) in [6, 6.07) is 5.79. The quantitative estimate of drug-likeness (QED) is 0.449. The molecule has 18 heavy (non-hydrogen) atoms. The maximum atomic E-state index is 11.9. The molecule has 0 amide bonds. The molecule has 1 unspecified atom stereocenters. The number of carbonyl (C=O) groups is 1. The number of benzene rings is 1. The van der Waals surface area contributed by atoms with E-state index in [9.17, 15) is 14.3 Å². The molecule has 0 aliphatic carbocycles. The van der Waals surface area contributed by atoms with Gasteiger partial charge in [-0.1, -0.05) is 46.9 Å². The van der Waals surface area contributed by atoms with Crippen LogP contribution in [-0.2, 0) is 9.30 Å². The molecule has 1 N–H and O–H groups in total. The first-order valence-electron chi connectivity index (χ1n) is 4.60. The molecular formula is C9H6Cl3O5P. The molecule has 0 radical (unpaired) electrons. The Morgan fingerprint density at radius 1 is 1.28 bits per heavy atom. The molecule has 2 atom stereocenters. The molecule has 2 rings (SSSR count). The van der Waals surface area contributed by atoms with Crippen LogP contribution in [0.4, 0.5) is 0 Å². The van der Waals surface area contributed by atoms with E-state index in [0.717, 1.165) is 0 Å². The zero-order valence-corrected chi connectivity index (χ0v) is 11.7. The van der Waals surface area contributed by atoms with Crippen LogP contribution in [0.1, 0.15) is 10.4 Å². The Bertz CT molecular complexity index is 541. The number of rotatable bonds is 0. The molecule has 1 aliphatic heterocycles. The largest absolute Gasteiger partial charge is 0.440 e. The van der Waals surface area contributed by atoms with E-state index in [1.165, 1.54) is 18.2 Å². The second-order valence-corrected chi connectivity index (χ2v) is 7.60. The molecule has 1 aromatic rings. The fourth-order valence-corrected chi connectivity index (χ4v) is 3.77. The van der Waals surface area contributed by atoms with Crippen LogP contribution in [0.3, 0.4) is 0 Å². The van der Waals surface area contributed by atoms with Gasteiger partial charge in [0.2, 0.25) is 3.79 Å². The summed E-state index contributed by atoms with van der Waals surface area (Å²) < 4.78 is 19.3. The van der Waals surface area contributed by atoms with Crippen LogP contribution in [0.15, 0.2) is 24.3 Å². The molecule has 1 aliphatic rings. The molecule has 1 aromatic carbocycles. The lowest BCUT2D eigenvalue weighted by Crippen LogP contribution is -2.31. The third-order valence-corrected chi connectivity index (χ3v) is 4.73. The first kappa shape index (κ1) is 14.0. The van der Waals surface area contributed by atoms with Gasteiger partial charge in [0.1, 0.15) is 11.3 Å². The molecule has 0 spiro atoms. The van der Waals surface area contributed by atoms with Crippen molar-refractivity contribution in [2.75, 3.05) is 0 Å². The van der Waals surface area contributed by atoms with E-state index in [1.807, 2.05) is 0 Å². The summed E-state index contributed by atoms with van der Waals surface area (Å²) in [4.78, 5) is 21.5. The maximum Gasteiger partial charge on any atom is 0.421 e. The van der Waals surface area contributed by atoms with Crippen molar-refractivity contribution < 1.29 is 23.5 Å². The van der Waals surface area contributed by atoms with Gasteiger partial charge >= 0.3 is 13.6 Å². The van der Waals surface area contributed by atoms with Crippen LogP contribution in [0.25, 0.3) is 0 Å². The highest BCUT2D eigenvalue weighted by Gasteiger charge is 2.53. The van der Waals surface area contributed by atoms with Gasteiger partial charge in [-0.25, -0.2) is 9.36 Å². The molecule has 5 nitrogen and oxygen atoms in total. The average molecular weight is 331 g/mol. The smallest absolute Gasteiger partial charge is 0.421 e. The van der Waals surface area contributed by atoms with E-state index in [-0.39, 0.29) is 11.3 Å². The Balaban J connectivity index is 2.52. The minimum Gasteiger partial charge on any atom is -0.440 e. The highest BCUT2D eigenvalue weighted by molar-refractivity contribution is 7.54. The minimum atomic E-state index is -4.47. The van der Waals surface area contributed by atoms with Gasteiger partial charge in [0, 0.05) is 0 Å².